The van der Waals surface area contributed by atoms with E-state index >= 15 is 0 Å². The van der Waals surface area contributed by atoms with Crippen LogP contribution in [0, 0.1) is 0 Å². The molecule has 38 heavy (non-hydrogen) atoms. The van der Waals surface area contributed by atoms with Crippen LogP contribution >= 0.6 is 0 Å². The summed E-state index contributed by atoms with van der Waals surface area (Å²) in [5, 5.41) is 6.53. The molecule has 7 nitrogen and oxygen atoms in total. The number of rotatable bonds is 14. The van der Waals surface area contributed by atoms with Crippen molar-refractivity contribution in [2.24, 2.45) is 10.7 Å². The third kappa shape index (κ3) is 10.4. The van der Waals surface area contributed by atoms with E-state index in [-0.39, 0.29) is 5.91 Å². The monoisotopic (exact) mass is 520 g/mol. The number of carbonyl (C=O) groups excluding carboxylic acids is 1. The summed E-state index contributed by atoms with van der Waals surface area (Å²) < 4.78 is 11.2. The van der Waals surface area contributed by atoms with Gasteiger partial charge < -0.3 is 25.8 Å². The number of amides is 1. The van der Waals surface area contributed by atoms with Gasteiger partial charge in [0.15, 0.2) is 0 Å². The summed E-state index contributed by atoms with van der Waals surface area (Å²) in [6.45, 7) is 10.2. The van der Waals surface area contributed by atoms with Crippen molar-refractivity contribution in [1.29, 1.82) is 0 Å². The van der Waals surface area contributed by atoms with Crippen molar-refractivity contribution in [1.82, 2.24) is 5.32 Å². The number of nitrogens with zero attached hydrogens (tertiary/aromatic N) is 1. The molecular weight excluding hydrogens is 476 g/mol. The van der Waals surface area contributed by atoms with Crippen LogP contribution in [0.5, 0.6) is 0 Å². The van der Waals surface area contributed by atoms with Gasteiger partial charge in [-0.15, -0.1) is 0 Å². The summed E-state index contributed by atoms with van der Waals surface area (Å²) in [5.41, 5.74) is 12.1. The lowest BCUT2D eigenvalue weighted by atomic mass is 9.99. The molecule has 1 amide bonds. The molecule has 1 aromatic carbocycles. The van der Waals surface area contributed by atoms with E-state index < -0.39 is 0 Å². The number of methoxy groups -OCH3 is 1. The third-order valence-corrected chi connectivity index (χ3v) is 6.00. The highest BCUT2D eigenvalue weighted by molar-refractivity contribution is 5.90. The summed E-state index contributed by atoms with van der Waals surface area (Å²) in [7, 11) is 1.64. The van der Waals surface area contributed by atoms with Crippen LogP contribution in [0.4, 0.5) is 5.69 Å². The van der Waals surface area contributed by atoms with Crippen LogP contribution in [-0.4, -0.2) is 32.4 Å². The Morgan fingerprint density at radius 1 is 1.24 bits per heavy atom. The summed E-state index contributed by atoms with van der Waals surface area (Å²) in [6, 6.07) is 7.92. The SMILES string of the molecule is CC/C=C/C(=C1/OCC/C1=C(/C)NCc1cccc(NC(=O)CCCOC)c1)C(/C)=C/C=N\C(N)=C\CC. The van der Waals surface area contributed by atoms with Gasteiger partial charge in [0.2, 0.25) is 5.91 Å². The standard InChI is InChI=1S/C31H44N4O3/c1-6-8-14-27(23(3)16-18-33-29(32)11-7-2)31-28(17-20-38-31)24(4)34-22-25-12-9-13-26(21-25)35-30(36)15-10-19-37-5/h8-9,11-14,16,18,21,34H,6-7,10,15,17,19-20,22,32H2,1-5H3,(H,35,36)/b14-8+,23-16+,28-24+,29-11+,31-27-,33-18-. The number of ether oxygens (including phenoxy) is 2. The maximum atomic E-state index is 12.2. The van der Waals surface area contributed by atoms with Gasteiger partial charge in [0.25, 0.3) is 0 Å². The normalized spacial score (nSPS) is 17.2. The first-order valence-electron chi connectivity index (χ1n) is 13.4. The van der Waals surface area contributed by atoms with E-state index in [1.165, 1.54) is 5.57 Å². The van der Waals surface area contributed by atoms with E-state index in [2.05, 4.69) is 48.5 Å². The van der Waals surface area contributed by atoms with Crippen LogP contribution in [0.3, 0.4) is 0 Å². The molecule has 1 fully saturated rings. The Morgan fingerprint density at radius 2 is 2.05 bits per heavy atom. The molecule has 0 bridgehead atoms. The number of allylic oxidation sites excluding steroid dienone is 8. The molecule has 1 heterocycles. The first-order valence-corrected chi connectivity index (χ1v) is 13.4. The lowest BCUT2D eigenvalue weighted by Crippen LogP contribution is -2.14. The van der Waals surface area contributed by atoms with Crippen LogP contribution in [0.1, 0.15) is 65.4 Å². The molecule has 1 saturated heterocycles. The maximum Gasteiger partial charge on any atom is 0.224 e. The van der Waals surface area contributed by atoms with Crippen LogP contribution in [0.25, 0.3) is 0 Å². The van der Waals surface area contributed by atoms with Crippen molar-refractivity contribution < 1.29 is 14.3 Å². The van der Waals surface area contributed by atoms with Crippen molar-refractivity contribution in [2.75, 3.05) is 25.6 Å². The molecule has 4 N–H and O–H groups in total. The second-order valence-electron chi connectivity index (χ2n) is 9.12. The van der Waals surface area contributed by atoms with Crippen molar-refractivity contribution in [3.05, 3.63) is 88.1 Å². The highest BCUT2D eigenvalue weighted by Crippen LogP contribution is 2.32. The molecule has 0 atom stereocenters. The van der Waals surface area contributed by atoms with Crippen molar-refractivity contribution in [3.8, 4) is 0 Å². The Hall–Kier alpha value is -3.58. The smallest absolute Gasteiger partial charge is 0.224 e. The molecule has 1 aromatic rings. The predicted molar refractivity (Wildman–Crippen MR) is 158 cm³/mol. The third-order valence-electron chi connectivity index (χ3n) is 6.00. The number of aliphatic imine (C=N–C) groups is 1. The lowest BCUT2D eigenvalue weighted by Gasteiger charge is -2.14. The van der Waals surface area contributed by atoms with E-state index in [1.54, 1.807) is 13.3 Å². The minimum atomic E-state index is -0.00598. The Balaban J connectivity index is 2.20. The van der Waals surface area contributed by atoms with Gasteiger partial charge in [-0.2, -0.15) is 0 Å². The van der Waals surface area contributed by atoms with Crippen LogP contribution in [0.2, 0.25) is 0 Å². The highest BCUT2D eigenvalue weighted by atomic mass is 16.5. The zero-order valence-electron chi connectivity index (χ0n) is 23.6. The average molecular weight is 521 g/mol. The van der Waals surface area contributed by atoms with E-state index in [0.29, 0.717) is 38.4 Å². The fourth-order valence-corrected chi connectivity index (χ4v) is 3.96. The number of carbonyl (C=O) groups is 1. The van der Waals surface area contributed by atoms with Crippen molar-refractivity contribution >= 4 is 17.8 Å². The maximum absolute atomic E-state index is 12.2. The number of nitrogens with two attached hydrogens (primary N) is 1. The number of hydrogen-bond acceptors (Lipinski definition) is 6. The van der Waals surface area contributed by atoms with Gasteiger partial charge in [0.05, 0.1) is 6.61 Å². The molecule has 0 radical (unpaired) electrons. The van der Waals surface area contributed by atoms with Crippen molar-refractivity contribution in [2.45, 2.75) is 66.3 Å². The molecule has 1 aliphatic rings. The van der Waals surface area contributed by atoms with Crippen LogP contribution in [-0.2, 0) is 20.8 Å². The fourth-order valence-electron chi connectivity index (χ4n) is 3.96. The minimum Gasteiger partial charge on any atom is -0.492 e. The number of hydrogen-bond donors (Lipinski definition) is 3. The second kappa shape index (κ2) is 17.0. The van der Waals surface area contributed by atoms with Gasteiger partial charge >= 0.3 is 0 Å². The van der Waals surface area contributed by atoms with Gasteiger partial charge in [0, 0.05) is 61.8 Å². The Morgan fingerprint density at radius 3 is 2.79 bits per heavy atom. The van der Waals surface area contributed by atoms with Gasteiger partial charge in [-0.1, -0.05) is 38.1 Å². The molecule has 0 saturated carbocycles. The minimum absolute atomic E-state index is 0.00598. The van der Waals surface area contributed by atoms with Gasteiger partial charge in [-0.3, -0.25) is 4.79 Å². The average Bonchev–Trinajstić information content (AvgIpc) is 3.38. The van der Waals surface area contributed by atoms with E-state index in [0.717, 1.165) is 53.1 Å². The summed E-state index contributed by atoms with van der Waals surface area (Å²) in [4.78, 5) is 16.5. The zero-order chi connectivity index (χ0) is 27.8. The topological polar surface area (TPSA) is 98.0 Å². The van der Waals surface area contributed by atoms with E-state index in [1.807, 2.05) is 43.3 Å². The summed E-state index contributed by atoms with van der Waals surface area (Å²) in [6.07, 6.45) is 13.6. The Kier molecular flexibility index (Phi) is 13.7. The fraction of sp³-hybridized carbons (Fsp3) is 0.419. The molecule has 0 aliphatic carbocycles. The molecule has 0 spiro atoms. The molecule has 7 heteroatoms. The molecule has 0 unspecified atom stereocenters. The predicted octanol–water partition coefficient (Wildman–Crippen LogP) is 6.28. The lowest BCUT2D eigenvalue weighted by molar-refractivity contribution is -0.116. The van der Waals surface area contributed by atoms with Crippen LogP contribution in [0.15, 0.2) is 87.6 Å². The summed E-state index contributed by atoms with van der Waals surface area (Å²) >= 11 is 0. The quantitative estimate of drug-likeness (QED) is 0.198. The second-order valence-corrected chi connectivity index (χ2v) is 9.12. The van der Waals surface area contributed by atoms with Crippen molar-refractivity contribution in [3.63, 3.8) is 0 Å². The first-order chi connectivity index (χ1) is 18.4. The number of benzene rings is 1. The Bertz CT molecular complexity index is 1110. The number of anilines is 1. The zero-order valence-corrected chi connectivity index (χ0v) is 23.6. The Labute approximate surface area is 228 Å². The van der Waals surface area contributed by atoms with Gasteiger partial charge in [-0.25, -0.2) is 4.99 Å². The summed E-state index contributed by atoms with van der Waals surface area (Å²) in [5.74, 6) is 1.41. The molecule has 2 rings (SSSR count). The molecular formula is C31H44N4O3. The first kappa shape index (κ1) is 30.6. The van der Waals surface area contributed by atoms with Crippen LogP contribution < -0.4 is 16.4 Å². The molecule has 206 valence electrons. The number of nitrogens with one attached hydrogen (secondary N) is 2. The van der Waals surface area contributed by atoms with Gasteiger partial charge in [0.1, 0.15) is 11.6 Å². The van der Waals surface area contributed by atoms with Gasteiger partial charge in [-0.05, 0) is 68.5 Å². The molecule has 0 aromatic heterocycles. The van der Waals surface area contributed by atoms with E-state index in [4.69, 9.17) is 15.2 Å². The highest BCUT2D eigenvalue weighted by Gasteiger charge is 2.22. The van der Waals surface area contributed by atoms with E-state index in [9.17, 15) is 4.79 Å². The molecule has 1 aliphatic heterocycles. The largest absolute Gasteiger partial charge is 0.492 e.